The zero-order valence-corrected chi connectivity index (χ0v) is 15.9. The Balaban J connectivity index is 1.43. The summed E-state index contributed by atoms with van der Waals surface area (Å²) in [6.45, 7) is 3.56. The summed E-state index contributed by atoms with van der Waals surface area (Å²) in [7, 11) is 0. The Labute approximate surface area is 165 Å². The van der Waals surface area contributed by atoms with Crippen LogP contribution in [0.3, 0.4) is 0 Å². The van der Waals surface area contributed by atoms with E-state index in [1.807, 2.05) is 61.5 Å². The molecular formula is C23H24N2O3. The molecule has 1 heterocycles. The molecule has 28 heavy (non-hydrogen) atoms. The number of pyridine rings is 1. The van der Waals surface area contributed by atoms with Gasteiger partial charge in [-0.1, -0.05) is 36.4 Å². The van der Waals surface area contributed by atoms with E-state index in [1.54, 1.807) is 12.3 Å². The molecule has 0 saturated heterocycles. The van der Waals surface area contributed by atoms with Crippen molar-refractivity contribution in [2.24, 2.45) is 0 Å². The number of hydrogen-bond donors (Lipinski definition) is 1. The number of amides is 1. The number of para-hydroxylation sites is 2. The van der Waals surface area contributed by atoms with Gasteiger partial charge in [0.05, 0.1) is 13.2 Å². The molecule has 3 aromatic rings. The molecule has 5 heteroatoms. The topological polar surface area (TPSA) is 60.5 Å². The van der Waals surface area contributed by atoms with Gasteiger partial charge in [-0.05, 0) is 37.6 Å². The van der Waals surface area contributed by atoms with Crippen LogP contribution in [-0.4, -0.2) is 30.6 Å². The molecule has 0 unspecified atom stereocenters. The SMILES string of the molecule is CCOc1ccccc1/C=C/C(=O)NCCCOc1cccc2cccnc12. The van der Waals surface area contributed by atoms with Crippen LogP contribution < -0.4 is 14.8 Å². The summed E-state index contributed by atoms with van der Waals surface area (Å²) in [5, 5.41) is 3.91. The van der Waals surface area contributed by atoms with Crippen LogP contribution in [0.1, 0.15) is 18.9 Å². The van der Waals surface area contributed by atoms with Gasteiger partial charge < -0.3 is 14.8 Å². The van der Waals surface area contributed by atoms with E-state index in [1.165, 1.54) is 6.08 Å². The molecule has 1 aromatic heterocycles. The van der Waals surface area contributed by atoms with Gasteiger partial charge >= 0.3 is 0 Å². The summed E-state index contributed by atoms with van der Waals surface area (Å²) < 4.78 is 11.4. The maximum absolute atomic E-state index is 12.0. The summed E-state index contributed by atoms with van der Waals surface area (Å²) >= 11 is 0. The number of aromatic nitrogens is 1. The van der Waals surface area contributed by atoms with Gasteiger partial charge in [-0.2, -0.15) is 0 Å². The lowest BCUT2D eigenvalue weighted by molar-refractivity contribution is -0.116. The summed E-state index contributed by atoms with van der Waals surface area (Å²) in [5.74, 6) is 1.39. The standard InChI is InChI=1S/C23H24N2O3/c1-2-27-20-11-4-3-8-18(20)13-14-22(26)24-16-7-17-28-21-12-5-9-19-10-6-15-25-23(19)21/h3-6,8-15H,2,7,16-17H2,1H3,(H,24,26)/b14-13+. The Morgan fingerprint density at radius 2 is 1.86 bits per heavy atom. The first-order chi connectivity index (χ1) is 13.8. The zero-order valence-electron chi connectivity index (χ0n) is 15.9. The van der Waals surface area contributed by atoms with E-state index >= 15 is 0 Å². The van der Waals surface area contributed by atoms with E-state index in [0.29, 0.717) is 26.2 Å². The number of benzene rings is 2. The summed E-state index contributed by atoms with van der Waals surface area (Å²) in [5.41, 5.74) is 1.73. The van der Waals surface area contributed by atoms with Crippen LogP contribution in [-0.2, 0) is 4.79 Å². The first-order valence-corrected chi connectivity index (χ1v) is 9.42. The van der Waals surface area contributed by atoms with Crippen LogP contribution in [0.25, 0.3) is 17.0 Å². The molecule has 3 rings (SSSR count). The Bertz CT molecular complexity index is 948. The number of nitrogens with one attached hydrogen (secondary N) is 1. The van der Waals surface area contributed by atoms with Gasteiger partial charge in [-0.25, -0.2) is 0 Å². The van der Waals surface area contributed by atoms with Gasteiger partial charge in [-0.15, -0.1) is 0 Å². The van der Waals surface area contributed by atoms with Gasteiger partial charge in [0.15, 0.2) is 0 Å². The number of rotatable bonds is 9. The Morgan fingerprint density at radius 3 is 2.75 bits per heavy atom. The Kier molecular flexibility index (Phi) is 7.01. The molecule has 0 bridgehead atoms. The zero-order chi connectivity index (χ0) is 19.6. The number of fused-ring (bicyclic) bond motifs is 1. The molecule has 0 atom stereocenters. The predicted octanol–water partition coefficient (Wildman–Crippen LogP) is 4.23. The number of ether oxygens (including phenoxy) is 2. The normalized spacial score (nSPS) is 10.9. The monoisotopic (exact) mass is 376 g/mol. The average molecular weight is 376 g/mol. The molecule has 0 spiro atoms. The minimum atomic E-state index is -0.141. The van der Waals surface area contributed by atoms with Gasteiger partial charge in [0.1, 0.15) is 17.0 Å². The number of carbonyl (C=O) groups excluding carboxylic acids is 1. The van der Waals surface area contributed by atoms with Crippen molar-refractivity contribution < 1.29 is 14.3 Å². The largest absolute Gasteiger partial charge is 0.493 e. The van der Waals surface area contributed by atoms with E-state index in [0.717, 1.165) is 28.0 Å². The molecule has 0 aliphatic heterocycles. The fraction of sp³-hybridized carbons (Fsp3) is 0.217. The van der Waals surface area contributed by atoms with Crippen molar-refractivity contribution in [2.75, 3.05) is 19.8 Å². The van der Waals surface area contributed by atoms with Crippen LogP contribution in [0.4, 0.5) is 0 Å². The second-order valence-corrected chi connectivity index (χ2v) is 6.13. The quantitative estimate of drug-likeness (QED) is 0.448. The maximum atomic E-state index is 12.0. The van der Waals surface area contributed by atoms with Crippen LogP contribution in [0.5, 0.6) is 11.5 Å². The van der Waals surface area contributed by atoms with E-state index in [9.17, 15) is 4.79 Å². The molecule has 0 fully saturated rings. The fourth-order valence-corrected chi connectivity index (χ4v) is 2.79. The molecule has 1 amide bonds. The van der Waals surface area contributed by atoms with Crippen molar-refractivity contribution in [1.82, 2.24) is 10.3 Å². The van der Waals surface area contributed by atoms with Crippen molar-refractivity contribution in [3.63, 3.8) is 0 Å². The highest BCUT2D eigenvalue weighted by atomic mass is 16.5. The molecule has 144 valence electrons. The minimum absolute atomic E-state index is 0.141. The van der Waals surface area contributed by atoms with E-state index in [2.05, 4.69) is 10.3 Å². The van der Waals surface area contributed by atoms with Crippen molar-refractivity contribution >= 4 is 22.9 Å². The van der Waals surface area contributed by atoms with Crippen LogP contribution in [0, 0.1) is 0 Å². The van der Waals surface area contributed by atoms with Gasteiger partial charge in [0.2, 0.25) is 5.91 Å². The third-order valence-electron chi connectivity index (χ3n) is 4.11. The average Bonchev–Trinajstić information content (AvgIpc) is 2.73. The van der Waals surface area contributed by atoms with Crippen LogP contribution in [0.15, 0.2) is 66.9 Å². The molecule has 0 aliphatic rings. The highest BCUT2D eigenvalue weighted by Crippen LogP contribution is 2.23. The van der Waals surface area contributed by atoms with Gasteiger partial charge in [-0.3, -0.25) is 9.78 Å². The lowest BCUT2D eigenvalue weighted by Crippen LogP contribution is -2.23. The van der Waals surface area contributed by atoms with Crippen LogP contribution >= 0.6 is 0 Å². The number of nitrogens with zero attached hydrogens (tertiary/aromatic N) is 1. The molecule has 2 aromatic carbocycles. The predicted molar refractivity (Wildman–Crippen MR) is 112 cm³/mol. The second-order valence-electron chi connectivity index (χ2n) is 6.13. The highest BCUT2D eigenvalue weighted by Gasteiger charge is 2.03. The van der Waals surface area contributed by atoms with E-state index in [4.69, 9.17) is 9.47 Å². The molecular weight excluding hydrogens is 352 g/mol. The summed E-state index contributed by atoms with van der Waals surface area (Å²) in [4.78, 5) is 16.4. The maximum Gasteiger partial charge on any atom is 0.244 e. The lowest BCUT2D eigenvalue weighted by atomic mass is 10.2. The second kappa shape index (κ2) is 10.1. The molecule has 1 N–H and O–H groups in total. The third kappa shape index (κ3) is 5.33. The van der Waals surface area contributed by atoms with Crippen molar-refractivity contribution in [1.29, 1.82) is 0 Å². The Hall–Kier alpha value is -3.34. The molecule has 0 aliphatic carbocycles. The number of carbonyl (C=O) groups is 1. The number of hydrogen-bond acceptors (Lipinski definition) is 4. The molecule has 0 radical (unpaired) electrons. The summed E-state index contributed by atoms with van der Waals surface area (Å²) in [6, 6.07) is 17.4. The molecule has 5 nitrogen and oxygen atoms in total. The van der Waals surface area contributed by atoms with Gasteiger partial charge in [0.25, 0.3) is 0 Å². The van der Waals surface area contributed by atoms with E-state index < -0.39 is 0 Å². The fourth-order valence-electron chi connectivity index (χ4n) is 2.79. The van der Waals surface area contributed by atoms with Gasteiger partial charge in [0, 0.05) is 29.8 Å². The highest BCUT2D eigenvalue weighted by molar-refractivity contribution is 5.92. The van der Waals surface area contributed by atoms with Crippen molar-refractivity contribution in [3.8, 4) is 11.5 Å². The minimum Gasteiger partial charge on any atom is -0.493 e. The summed E-state index contributed by atoms with van der Waals surface area (Å²) in [6.07, 6.45) is 5.75. The molecule has 0 saturated carbocycles. The van der Waals surface area contributed by atoms with Crippen molar-refractivity contribution in [3.05, 3.63) is 72.4 Å². The first-order valence-electron chi connectivity index (χ1n) is 9.42. The first kappa shape index (κ1) is 19.4. The smallest absolute Gasteiger partial charge is 0.244 e. The van der Waals surface area contributed by atoms with E-state index in [-0.39, 0.29) is 5.91 Å². The Morgan fingerprint density at radius 1 is 1.04 bits per heavy atom. The lowest BCUT2D eigenvalue weighted by Gasteiger charge is -2.09. The third-order valence-corrected chi connectivity index (χ3v) is 4.11. The van der Waals surface area contributed by atoms with Crippen molar-refractivity contribution in [2.45, 2.75) is 13.3 Å². The van der Waals surface area contributed by atoms with Crippen LogP contribution in [0.2, 0.25) is 0 Å².